The van der Waals surface area contributed by atoms with Gasteiger partial charge in [-0.15, -0.1) is 0 Å². The summed E-state index contributed by atoms with van der Waals surface area (Å²) in [6, 6.07) is 23.7. The Bertz CT molecular complexity index is 1110. The Hall–Kier alpha value is -3.13. The number of nitrogens with one attached hydrogen (secondary N) is 1. The molecule has 0 amide bonds. The van der Waals surface area contributed by atoms with Crippen LogP contribution in [0.25, 0.3) is 5.57 Å². The van der Waals surface area contributed by atoms with E-state index < -0.39 is 0 Å². The van der Waals surface area contributed by atoms with Gasteiger partial charge in [0.25, 0.3) is 0 Å². The maximum Gasteiger partial charge on any atom is 0.0699 e. The minimum absolute atomic E-state index is 0.412. The van der Waals surface area contributed by atoms with Crippen LogP contribution in [0.1, 0.15) is 107 Å². The minimum Gasteiger partial charge on any atom is -0.361 e. The van der Waals surface area contributed by atoms with Gasteiger partial charge in [0.05, 0.1) is 5.69 Å². The standard InChI is InChI=1S/C33H42N2/c1-22(2)28-16-12-17-29(23(3)4)32(28)34-20-27(26-14-10-9-11-15-26)21-35-33-30(24(5)6)18-13-19-31(33)25(7)8/h9-25,34H,1-8H3/b27-20+,35-21?. The van der Waals surface area contributed by atoms with Gasteiger partial charge in [-0.1, -0.05) is 122 Å². The summed E-state index contributed by atoms with van der Waals surface area (Å²) < 4.78 is 0. The average Bonchev–Trinajstić information content (AvgIpc) is 2.83. The van der Waals surface area contributed by atoms with E-state index in [4.69, 9.17) is 4.99 Å². The molecule has 1 N–H and O–H groups in total. The second kappa shape index (κ2) is 12.0. The minimum atomic E-state index is 0.412. The van der Waals surface area contributed by atoms with E-state index in [1.165, 1.54) is 27.9 Å². The van der Waals surface area contributed by atoms with Gasteiger partial charge in [-0.25, -0.2) is 0 Å². The van der Waals surface area contributed by atoms with Gasteiger partial charge in [-0.2, -0.15) is 0 Å². The van der Waals surface area contributed by atoms with Gasteiger partial charge in [-0.05, 0) is 51.5 Å². The highest BCUT2D eigenvalue weighted by molar-refractivity contribution is 6.11. The first-order valence-corrected chi connectivity index (χ1v) is 13.0. The maximum absolute atomic E-state index is 5.12. The van der Waals surface area contributed by atoms with Gasteiger partial charge in [0.1, 0.15) is 0 Å². The zero-order chi connectivity index (χ0) is 25.5. The van der Waals surface area contributed by atoms with Crippen LogP contribution in [0.5, 0.6) is 0 Å². The number of hydrogen-bond donors (Lipinski definition) is 1. The quantitative estimate of drug-likeness (QED) is 0.312. The largest absolute Gasteiger partial charge is 0.361 e. The van der Waals surface area contributed by atoms with Crippen LogP contribution in [-0.4, -0.2) is 6.21 Å². The van der Waals surface area contributed by atoms with Gasteiger partial charge in [0.2, 0.25) is 0 Å². The van der Waals surface area contributed by atoms with Crippen molar-refractivity contribution in [1.82, 2.24) is 0 Å². The van der Waals surface area contributed by atoms with Crippen LogP contribution >= 0.6 is 0 Å². The fourth-order valence-electron chi connectivity index (χ4n) is 4.49. The summed E-state index contributed by atoms with van der Waals surface area (Å²) in [4.78, 5) is 5.12. The Balaban J connectivity index is 2.12. The van der Waals surface area contributed by atoms with Crippen molar-refractivity contribution in [2.24, 2.45) is 4.99 Å². The van der Waals surface area contributed by atoms with Crippen LogP contribution in [0.4, 0.5) is 11.4 Å². The van der Waals surface area contributed by atoms with Crippen molar-refractivity contribution in [2.45, 2.75) is 79.1 Å². The summed E-state index contributed by atoms with van der Waals surface area (Å²) in [5, 5.41) is 3.70. The van der Waals surface area contributed by atoms with E-state index in [9.17, 15) is 0 Å². The molecule has 35 heavy (non-hydrogen) atoms. The number of para-hydroxylation sites is 2. The lowest BCUT2D eigenvalue weighted by atomic mass is 9.92. The van der Waals surface area contributed by atoms with E-state index in [-0.39, 0.29) is 0 Å². The number of hydrogen-bond acceptors (Lipinski definition) is 2. The SMILES string of the molecule is CC(C)c1cccc(C(C)C)c1N=C/C(=C\Nc1c(C(C)C)cccc1C(C)C)c1ccccc1. The molecule has 0 aromatic heterocycles. The fourth-order valence-corrected chi connectivity index (χ4v) is 4.49. The highest BCUT2D eigenvalue weighted by Gasteiger charge is 2.15. The normalized spacial score (nSPS) is 12.5. The monoisotopic (exact) mass is 466 g/mol. The molecule has 0 aliphatic rings. The highest BCUT2D eigenvalue weighted by Crippen LogP contribution is 2.35. The molecule has 0 aliphatic heterocycles. The second-order valence-corrected chi connectivity index (χ2v) is 10.6. The summed E-state index contributed by atoms with van der Waals surface area (Å²) in [6.45, 7) is 18.0. The first-order valence-electron chi connectivity index (χ1n) is 13.0. The van der Waals surface area contributed by atoms with E-state index in [2.05, 4.69) is 134 Å². The molecule has 0 atom stereocenters. The number of benzene rings is 3. The average molecular weight is 467 g/mol. The highest BCUT2D eigenvalue weighted by atomic mass is 14.9. The van der Waals surface area contributed by atoms with E-state index in [1.807, 2.05) is 6.21 Å². The third-order valence-corrected chi connectivity index (χ3v) is 6.53. The zero-order valence-corrected chi connectivity index (χ0v) is 22.8. The van der Waals surface area contributed by atoms with Crippen molar-refractivity contribution in [2.75, 3.05) is 5.32 Å². The number of allylic oxidation sites excluding steroid dienone is 1. The first-order chi connectivity index (χ1) is 16.7. The van der Waals surface area contributed by atoms with Gasteiger partial charge in [0, 0.05) is 23.7 Å². The van der Waals surface area contributed by atoms with Crippen LogP contribution < -0.4 is 5.32 Å². The van der Waals surface area contributed by atoms with Crippen molar-refractivity contribution in [1.29, 1.82) is 0 Å². The molecule has 0 bridgehead atoms. The predicted molar refractivity (Wildman–Crippen MR) is 155 cm³/mol. The van der Waals surface area contributed by atoms with Crippen LogP contribution in [-0.2, 0) is 0 Å². The van der Waals surface area contributed by atoms with Crippen molar-refractivity contribution >= 4 is 23.2 Å². The molecule has 2 heteroatoms. The van der Waals surface area contributed by atoms with E-state index in [0.29, 0.717) is 23.7 Å². The fraction of sp³-hybridized carbons (Fsp3) is 0.364. The third-order valence-electron chi connectivity index (χ3n) is 6.53. The summed E-state index contributed by atoms with van der Waals surface area (Å²) in [5.74, 6) is 1.69. The predicted octanol–water partition coefficient (Wildman–Crippen LogP) is 10.0. The van der Waals surface area contributed by atoms with Gasteiger partial charge in [0.15, 0.2) is 0 Å². The molecule has 0 saturated carbocycles. The number of nitrogens with zero attached hydrogens (tertiary/aromatic N) is 1. The molecular formula is C33H42N2. The van der Waals surface area contributed by atoms with Crippen molar-refractivity contribution in [3.05, 3.63) is 101 Å². The molecule has 0 saturated heterocycles. The lowest BCUT2D eigenvalue weighted by Gasteiger charge is -2.20. The van der Waals surface area contributed by atoms with Crippen LogP contribution in [0.3, 0.4) is 0 Å². The number of anilines is 1. The molecule has 3 aromatic rings. The smallest absolute Gasteiger partial charge is 0.0699 e. The van der Waals surface area contributed by atoms with Crippen LogP contribution in [0, 0.1) is 0 Å². The van der Waals surface area contributed by atoms with Gasteiger partial charge in [-0.3, -0.25) is 4.99 Å². The van der Waals surface area contributed by atoms with Gasteiger partial charge >= 0.3 is 0 Å². The molecule has 184 valence electrons. The van der Waals surface area contributed by atoms with Crippen LogP contribution in [0.15, 0.2) is 77.9 Å². The van der Waals surface area contributed by atoms with E-state index >= 15 is 0 Å². The third kappa shape index (κ3) is 6.51. The Morgan fingerprint density at radius 1 is 0.600 bits per heavy atom. The van der Waals surface area contributed by atoms with Gasteiger partial charge < -0.3 is 5.32 Å². The summed E-state index contributed by atoms with van der Waals surface area (Å²) >= 11 is 0. The molecular weight excluding hydrogens is 424 g/mol. The summed E-state index contributed by atoms with van der Waals surface area (Å²) in [6.07, 6.45) is 4.15. The lowest BCUT2D eigenvalue weighted by Crippen LogP contribution is -2.04. The molecule has 2 nitrogen and oxygen atoms in total. The summed E-state index contributed by atoms with van der Waals surface area (Å²) in [7, 11) is 0. The number of rotatable bonds is 9. The number of aliphatic imine (C=N–C) groups is 1. The van der Waals surface area contributed by atoms with Crippen LogP contribution in [0.2, 0.25) is 0 Å². The molecule has 0 unspecified atom stereocenters. The lowest BCUT2D eigenvalue weighted by molar-refractivity contribution is 0.835. The second-order valence-electron chi connectivity index (χ2n) is 10.6. The molecule has 0 heterocycles. The Labute approximate surface area is 213 Å². The molecule has 3 rings (SSSR count). The first kappa shape index (κ1) is 26.5. The molecule has 0 aliphatic carbocycles. The Kier molecular flexibility index (Phi) is 9.09. The maximum atomic E-state index is 5.12. The van der Waals surface area contributed by atoms with Crippen molar-refractivity contribution < 1.29 is 0 Å². The zero-order valence-electron chi connectivity index (χ0n) is 22.8. The van der Waals surface area contributed by atoms with Crippen molar-refractivity contribution in [3.8, 4) is 0 Å². The summed E-state index contributed by atoms with van der Waals surface area (Å²) in [5.41, 5.74) is 9.78. The molecule has 0 fully saturated rings. The van der Waals surface area contributed by atoms with Crippen molar-refractivity contribution in [3.63, 3.8) is 0 Å². The Morgan fingerprint density at radius 3 is 1.51 bits per heavy atom. The van der Waals surface area contributed by atoms with E-state index in [0.717, 1.165) is 16.8 Å². The van der Waals surface area contributed by atoms with E-state index in [1.54, 1.807) is 0 Å². The molecule has 3 aromatic carbocycles. The molecule has 0 spiro atoms. The molecule has 0 radical (unpaired) electrons. The Morgan fingerprint density at radius 2 is 1.06 bits per heavy atom. The topological polar surface area (TPSA) is 24.4 Å².